The first-order chi connectivity index (χ1) is 20.0. The Kier molecular flexibility index (Phi) is 9.11. The van der Waals surface area contributed by atoms with Gasteiger partial charge in [0, 0.05) is 0 Å². The number of carbonyl (C=O) groups is 2. The molecular weight excluding hydrogens is 536 g/mol. The normalized spacial score (nSPS) is 15.3. The average molecular weight is 569 g/mol. The molecule has 210 valence electrons. The lowest BCUT2D eigenvalue weighted by Crippen LogP contribution is -2.40. The molecule has 0 fully saturated rings. The second-order valence-electron chi connectivity index (χ2n) is 9.79. The van der Waals surface area contributed by atoms with E-state index in [1.165, 1.54) is 16.2 Å². The van der Waals surface area contributed by atoms with Crippen molar-refractivity contribution in [2.75, 3.05) is 6.61 Å². The summed E-state index contributed by atoms with van der Waals surface area (Å²) in [4.78, 5) is 38.9. The molecule has 0 saturated heterocycles. The Balaban J connectivity index is 1.37. The molecule has 1 N–H and O–H groups in total. The highest BCUT2D eigenvalue weighted by Gasteiger charge is 2.22. The van der Waals surface area contributed by atoms with Crippen molar-refractivity contribution in [1.82, 2.24) is 9.88 Å². The number of esters is 1. The van der Waals surface area contributed by atoms with Gasteiger partial charge in [-0.05, 0) is 66.6 Å². The lowest BCUT2D eigenvalue weighted by molar-refractivity contribution is -0.135. The first kappa shape index (κ1) is 28.1. The van der Waals surface area contributed by atoms with Crippen molar-refractivity contribution in [2.24, 2.45) is 0 Å². The molecule has 0 unspecified atom stereocenters. The molecule has 1 heterocycles. The summed E-state index contributed by atoms with van der Waals surface area (Å²) in [5.41, 5.74) is 3.89. The molecule has 0 spiro atoms. The fraction of sp³-hybridized carbons (Fsp3) is 0.242. The van der Waals surface area contributed by atoms with Gasteiger partial charge in [-0.15, -0.1) is 11.3 Å². The van der Waals surface area contributed by atoms with E-state index in [2.05, 4.69) is 11.4 Å². The van der Waals surface area contributed by atoms with E-state index in [1.807, 2.05) is 72.8 Å². The Hall–Kier alpha value is -4.43. The van der Waals surface area contributed by atoms with E-state index in [9.17, 15) is 14.4 Å². The van der Waals surface area contributed by atoms with Crippen LogP contribution in [0.1, 0.15) is 48.1 Å². The summed E-state index contributed by atoms with van der Waals surface area (Å²) in [6.45, 7) is 2.19. The molecule has 0 saturated carbocycles. The topological polar surface area (TPSA) is 86.6 Å². The van der Waals surface area contributed by atoms with Gasteiger partial charge in [-0.25, -0.2) is 4.79 Å². The van der Waals surface area contributed by atoms with Gasteiger partial charge in [0.2, 0.25) is 5.91 Å². The number of aromatic nitrogens is 1. The van der Waals surface area contributed by atoms with Crippen molar-refractivity contribution in [3.8, 4) is 5.75 Å². The van der Waals surface area contributed by atoms with Gasteiger partial charge < -0.3 is 14.8 Å². The fourth-order valence-electron chi connectivity index (χ4n) is 4.92. The molecule has 0 bridgehead atoms. The number of rotatable bonds is 9. The van der Waals surface area contributed by atoms with E-state index in [0.29, 0.717) is 21.6 Å². The first-order valence-corrected chi connectivity index (χ1v) is 14.6. The van der Waals surface area contributed by atoms with Gasteiger partial charge in [0.05, 0.1) is 23.3 Å². The van der Waals surface area contributed by atoms with E-state index < -0.39 is 5.97 Å². The van der Waals surface area contributed by atoms with Crippen LogP contribution in [-0.4, -0.2) is 23.1 Å². The number of fused-ring (bicyclic) bond motifs is 1. The van der Waals surface area contributed by atoms with Gasteiger partial charge in [-0.3, -0.25) is 14.2 Å². The lowest BCUT2D eigenvalue weighted by Gasteiger charge is -2.26. The highest BCUT2D eigenvalue weighted by molar-refractivity contribution is 7.07. The number of carbonyl (C=O) groups excluding carboxylic acids is 2. The van der Waals surface area contributed by atoms with Crippen LogP contribution in [0.4, 0.5) is 0 Å². The zero-order chi connectivity index (χ0) is 28.6. The summed E-state index contributed by atoms with van der Waals surface area (Å²) < 4.78 is 13.1. The Bertz CT molecular complexity index is 1690. The van der Waals surface area contributed by atoms with Crippen molar-refractivity contribution in [1.29, 1.82) is 0 Å². The summed E-state index contributed by atoms with van der Waals surface area (Å²) in [5, 5.41) is 3.10. The monoisotopic (exact) mass is 568 g/mol. The van der Waals surface area contributed by atoms with E-state index in [-0.39, 0.29) is 30.7 Å². The van der Waals surface area contributed by atoms with Gasteiger partial charge >= 0.3 is 5.97 Å². The number of nitrogens with one attached hydrogen (secondary N) is 1. The van der Waals surface area contributed by atoms with Crippen LogP contribution in [0.3, 0.4) is 0 Å². The molecule has 1 aromatic heterocycles. The molecule has 0 aliphatic heterocycles. The second kappa shape index (κ2) is 13.3. The summed E-state index contributed by atoms with van der Waals surface area (Å²) in [6, 6.07) is 25.4. The second-order valence-corrected chi connectivity index (χ2v) is 10.9. The minimum Gasteiger partial charge on any atom is -0.489 e. The molecule has 0 radical (unpaired) electrons. The first-order valence-electron chi connectivity index (χ1n) is 13.7. The maximum atomic E-state index is 13.5. The minimum atomic E-state index is -0.560. The summed E-state index contributed by atoms with van der Waals surface area (Å²) >= 11 is 1.15. The van der Waals surface area contributed by atoms with E-state index >= 15 is 0 Å². The van der Waals surface area contributed by atoms with Crippen LogP contribution in [0, 0.1) is 0 Å². The minimum absolute atomic E-state index is 0.104. The molecule has 41 heavy (non-hydrogen) atoms. The molecule has 1 aliphatic rings. The Morgan fingerprint density at radius 2 is 1.78 bits per heavy atom. The molecular formula is C33H32N2O5S. The molecule has 1 amide bonds. The van der Waals surface area contributed by atoms with Crippen LogP contribution >= 0.6 is 11.3 Å². The molecule has 7 nitrogen and oxygen atoms in total. The van der Waals surface area contributed by atoms with Crippen molar-refractivity contribution in [2.45, 2.75) is 45.4 Å². The van der Waals surface area contributed by atoms with Crippen LogP contribution < -0.4 is 24.8 Å². The molecule has 1 aliphatic carbocycles. The molecule has 5 rings (SSSR count). The highest BCUT2D eigenvalue weighted by Crippen LogP contribution is 2.29. The van der Waals surface area contributed by atoms with Crippen molar-refractivity contribution >= 4 is 35.4 Å². The summed E-state index contributed by atoms with van der Waals surface area (Å²) in [6.07, 6.45) is 5.84. The van der Waals surface area contributed by atoms with Gasteiger partial charge in [-0.2, -0.15) is 0 Å². The third-order valence-corrected chi connectivity index (χ3v) is 7.96. The number of aryl methyl sites for hydroxylation is 1. The largest absolute Gasteiger partial charge is 0.489 e. The van der Waals surface area contributed by atoms with Crippen molar-refractivity contribution in [3.63, 3.8) is 0 Å². The van der Waals surface area contributed by atoms with Crippen molar-refractivity contribution in [3.05, 3.63) is 121 Å². The smallest absolute Gasteiger partial charge is 0.333 e. The number of thiazole rings is 1. The maximum absolute atomic E-state index is 13.5. The lowest BCUT2D eigenvalue weighted by atomic mass is 9.88. The van der Waals surface area contributed by atoms with Crippen LogP contribution in [0.2, 0.25) is 0 Å². The van der Waals surface area contributed by atoms with Gasteiger partial charge in [0.1, 0.15) is 23.6 Å². The van der Waals surface area contributed by atoms with E-state index in [1.54, 1.807) is 13.0 Å². The predicted octanol–water partition coefficient (Wildman–Crippen LogP) is 3.86. The van der Waals surface area contributed by atoms with Crippen molar-refractivity contribution < 1.29 is 19.1 Å². The zero-order valence-electron chi connectivity index (χ0n) is 22.9. The number of nitrogens with zero attached hydrogens (tertiary/aromatic N) is 1. The van der Waals surface area contributed by atoms with Gasteiger partial charge in [-0.1, -0.05) is 66.7 Å². The van der Waals surface area contributed by atoms with Crippen LogP contribution in [0.5, 0.6) is 5.75 Å². The maximum Gasteiger partial charge on any atom is 0.333 e. The van der Waals surface area contributed by atoms with Gasteiger partial charge in [0.15, 0.2) is 0 Å². The van der Waals surface area contributed by atoms with Crippen LogP contribution in [-0.2, 0) is 33.9 Å². The average Bonchev–Trinajstić information content (AvgIpc) is 3.26. The van der Waals surface area contributed by atoms with E-state index in [4.69, 9.17) is 9.47 Å². The van der Waals surface area contributed by atoms with Crippen LogP contribution in [0.25, 0.3) is 12.2 Å². The summed E-state index contributed by atoms with van der Waals surface area (Å²) in [7, 11) is 0. The highest BCUT2D eigenvalue weighted by atomic mass is 32.1. The van der Waals surface area contributed by atoms with Crippen LogP contribution in [0.15, 0.2) is 83.7 Å². The number of hydrogen-bond acceptors (Lipinski definition) is 6. The number of amides is 1. The Morgan fingerprint density at radius 3 is 2.56 bits per heavy atom. The predicted molar refractivity (Wildman–Crippen MR) is 160 cm³/mol. The standard InChI is InChI=1S/C33H32N2O5S/c1-2-39-32(37)20-31-35(21-30(36)34-28-14-8-12-25-11-6-7-13-27(25)28)33(38)29(41-31)19-23-15-17-26(18-16-23)40-22-24-9-4-3-5-10-24/h3-7,9-11,13,15-20,28H,2,8,12,14,21-22H2,1H3,(H,34,36)/b29-19+,31-20-/t28-/m0/s1. The van der Waals surface area contributed by atoms with Gasteiger partial charge in [0.25, 0.3) is 5.56 Å². The number of benzene rings is 3. The van der Waals surface area contributed by atoms with E-state index in [0.717, 1.165) is 47.3 Å². The molecule has 8 heteroatoms. The third-order valence-electron chi connectivity index (χ3n) is 6.90. The Labute approximate surface area is 242 Å². The number of ether oxygens (including phenoxy) is 2. The zero-order valence-corrected chi connectivity index (χ0v) is 23.7. The molecule has 1 atom stereocenters. The molecule has 3 aromatic carbocycles. The quantitative estimate of drug-likeness (QED) is 0.310. The summed E-state index contributed by atoms with van der Waals surface area (Å²) in [5.74, 6) is -0.126. The third kappa shape index (κ3) is 7.21. The fourth-order valence-corrected chi connectivity index (χ4v) is 5.95. The number of hydrogen-bond donors (Lipinski definition) is 1. The SMILES string of the molecule is CCOC(=O)/C=c1\s/c(=C/c2ccc(OCc3ccccc3)cc2)c(=O)n1CC(=O)N[C@H]1CCCc2ccccc21. The Morgan fingerprint density at radius 1 is 1.02 bits per heavy atom. The molecule has 4 aromatic rings.